The zero-order valence-corrected chi connectivity index (χ0v) is 25.9. The van der Waals surface area contributed by atoms with E-state index < -0.39 is 295 Å². The highest BCUT2D eigenvalue weighted by Crippen LogP contribution is 2.53. The van der Waals surface area contributed by atoms with E-state index in [9.17, 15) is 26.0 Å². The second-order valence-electron chi connectivity index (χ2n) is 11.0. The van der Waals surface area contributed by atoms with E-state index in [1.807, 2.05) is 0 Å². The van der Waals surface area contributed by atoms with Crippen LogP contribution in [0.4, 0.5) is 17.1 Å². The van der Waals surface area contributed by atoms with E-state index in [-0.39, 0.29) is 4.90 Å². The minimum Gasteiger partial charge on any atom is -0.456 e. The van der Waals surface area contributed by atoms with Crippen molar-refractivity contribution in [1.29, 1.82) is 0 Å². The maximum Gasteiger partial charge on any atom is 0.137 e. The molecule has 2 heteroatoms. The molecule has 0 aliphatic heterocycles. The smallest absolute Gasteiger partial charge is 0.137 e. The molecule has 9 aromatic rings. The molecule has 246 valence electrons. The molecule has 1 aromatic heterocycles. The number of hydrogen-bond acceptors (Lipinski definition) is 2. The first kappa shape index (κ1) is 11.2. The first-order valence-electron chi connectivity index (χ1n) is 32.6. The van der Waals surface area contributed by atoms with E-state index in [4.69, 9.17) is 26.3 Å². The molecule has 10 rings (SSSR count). The van der Waals surface area contributed by atoms with E-state index >= 15 is 0 Å². The lowest BCUT2D eigenvalue weighted by atomic mass is 9.74. The number of anilines is 3. The molecule has 0 unspecified atom stereocenters. The van der Waals surface area contributed by atoms with Crippen LogP contribution in [-0.2, 0) is 5.41 Å². The van der Waals surface area contributed by atoms with Crippen molar-refractivity contribution in [2.24, 2.45) is 0 Å². The Bertz CT molecular complexity index is 4390. The Balaban J connectivity index is 1.39. The summed E-state index contributed by atoms with van der Waals surface area (Å²) in [6.45, 7) is -3.85. The quantitative estimate of drug-likeness (QED) is 0.172. The summed E-state index contributed by atoms with van der Waals surface area (Å²) in [5, 5.41) is -1.73. The summed E-state index contributed by atoms with van der Waals surface area (Å²) in [4.78, 5) is 0.273. The number of hydrogen-bond donors (Lipinski definition) is 0. The van der Waals surface area contributed by atoms with Gasteiger partial charge in [-0.1, -0.05) is 139 Å². The van der Waals surface area contributed by atoms with Crippen molar-refractivity contribution in [3.8, 4) is 33.4 Å². The molecule has 0 fully saturated rings. The number of furan rings is 1. The molecule has 0 atom stereocenters. The third-order valence-electron chi connectivity index (χ3n) is 8.14. The first-order valence-corrected chi connectivity index (χ1v) is 15.1. The van der Waals surface area contributed by atoms with Crippen LogP contribution in [0, 0.1) is 0 Å². The van der Waals surface area contributed by atoms with Gasteiger partial charge < -0.3 is 9.32 Å². The van der Waals surface area contributed by atoms with Crippen LogP contribution < -0.4 is 4.90 Å². The van der Waals surface area contributed by atoms with E-state index in [1.54, 1.807) is 0 Å². The fourth-order valence-electron chi connectivity index (χ4n) is 5.79. The van der Waals surface area contributed by atoms with Crippen molar-refractivity contribution >= 4 is 39.0 Å². The molecular formula is C50H35NO. The fraction of sp³-hybridized carbons (Fsp3) is 0.0400. The molecule has 52 heavy (non-hydrogen) atoms. The summed E-state index contributed by atoms with van der Waals surface area (Å²) in [6.07, 6.45) is 0. The van der Waals surface area contributed by atoms with Gasteiger partial charge in [-0.2, -0.15) is 0 Å². The van der Waals surface area contributed by atoms with Gasteiger partial charge in [0.25, 0.3) is 0 Å². The van der Waals surface area contributed by atoms with Crippen molar-refractivity contribution in [2.75, 3.05) is 4.90 Å². The SMILES string of the molecule is [2H]c1c([2H])c([2H])c(-c2c([2H])c([2H])c(N(c3c([2H])c([2H])c(-c4c([2H])c([2H])c([2H])c([2H])c4[2H])c([2H])c3[2H])c3c([2H])c([2H])c4c(oc5c([2H])c([2H])c(C6(C([2H])([2H])[2H])c7c([2H])c([2H])c([2H])c([2H])c7-c7c([2H])c([2H])c([2H])c([2H])c76)c([2H])c54)c3[2H])c([2H])c2[2H])c([2H])c1[2H]. The predicted molar refractivity (Wildman–Crippen MR) is 217 cm³/mol. The Hall–Kier alpha value is -6.64. The highest BCUT2D eigenvalue weighted by Gasteiger charge is 2.40. The van der Waals surface area contributed by atoms with Crippen LogP contribution >= 0.6 is 0 Å². The van der Waals surface area contributed by atoms with Gasteiger partial charge in [-0.05, 0) is 105 Å². The van der Waals surface area contributed by atoms with Gasteiger partial charge in [-0.3, -0.25) is 0 Å². The summed E-state index contributed by atoms with van der Waals surface area (Å²) in [5.74, 6) is 0. The molecule has 0 saturated carbocycles. The average molecular weight is 701 g/mol. The lowest BCUT2D eigenvalue weighted by Crippen LogP contribution is -2.22. The lowest BCUT2D eigenvalue weighted by Gasteiger charge is -2.28. The minimum absolute atomic E-state index is 0.273. The second kappa shape index (κ2) is 12.0. The van der Waals surface area contributed by atoms with Crippen LogP contribution in [0.5, 0.6) is 0 Å². The maximum absolute atomic E-state index is 9.92. The average Bonchev–Trinajstić information content (AvgIpc) is 1.53. The van der Waals surface area contributed by atoms with E-state index in [0.717, 1.165) is 0 Å². The minimum atomic E-state index is -3.85. The molecule has 8 aromatic carbocycles. The Morgan fingerprint density at radius 3 is 1.50 bits per heavy atom. The topological polar surface area (TPSA) is 16.4 Å². The fourth-order valence-corrected chi connectivity index (χ4v) is 5.79. The summed E-state index contributed by atoms with van der Waals surface area (Å²) in [6, 6.07) is -35.9. The van der Waals surface area contributed by atoms with Crippen molar-refractivity contribution < 1.29 is 52.4 Å². The van der Waals surface area contributed by atoms with E-state index in [0.29, 0.717) is 0 Å². The van der Waals surface area contributed by atoms with Crippen molar-refractivity contribution in [2.45, 2.75) is 12.3 Å². The highest BCUT2D eigenvalue weighted by molar-refractivity contribution is 6.06. The molecule has 2 nitrogen and oxygen atoms in total. The predicted octanol–water partition coefficient (Wildman–Crippen LogP) is 13.7. The summed E-state index contributed by atoms with van der Waals surface area (Å²) < 4.78 is 321. The van der Waals surface area contributed by atoms with Crippen molar-refractivity contribution in [3.05, 3.63) is 210 Å². The van der Waals surface area contributed by atoms with E-state index in [2.05, 4.69) is 0 Å². The Labute approximate surface area is 353 Å². The highest BCUT2D eigenvalue weighted by atomic mass is 16.3. The van der Waals surface area contributed by atoms with Crippen molar-refractivity contribution in [3.63, 3.8) is 0 Å². The van der Waals surface area contributed by atoms with Gasteiger partial charge in [0.2, 0.25) is 0 Å². The summed E-state index contributed by atoms with van der Waals surface area (Å²) in [7, 11) is 0. The van der Waals surface area contributed by atoms with Gasteiger partial charge in [0.15, 0.2) is 0 Å². The standard InChI is InChI=1S/C50H35NO/c1-50(46-18-10-8-16-42(46)43-17-9-11-19-47(43)50)38-24-31-48-45(32-38)44-30-29-41(33-49(44)52-48)51(39-25-20-36(21-26-39)34-12-4-2-5-13-34)40-27-22-37(23-28-40)35-14-6-3-7-15-35/h2-33H,1H3/i1D3,2D,3D,4D,5D,6D,7D,8D,9D,10D,11D,12D,13D,14D,15D,16D,17D,18D,19D,20D,21D,22D,23D,24D,25D,26D,27D,28D,29D,30D,31D,32D,33D. The summed E-state index contributed by atoms with van der Waals surface area (Å²) in [5.41, 5.74) is -17.2. The number of nitrogens with zero attached hydrogens (tertiary/aromatic N) is 1. The molecule has 0 radical (unpaired) electrons. The maximum atomic E-state index is 9.92. The molecule has 0 N–H and O–H groups in total. The molecule has 0 spiro atoms. The lowest BCUT2D eigenvalue weighted by molar-refractivity contribution is 0.667. The van der Waals surface area contributed by atoms with Gasteiger partial charge in [-0.15, -0.1) is 0 Å². The zero-order chi connectivity index (χ0) is 65.0. The van der Waals surface area contributed by atoms with Crippen LogP contribution in [0.3, 0.4) is 0 Å². The molecule has 1 heterocycles. The number of benzene rings is 8. The van der Waals surface area contributed by atoms with Crippen LogP contribution in [0.15, 0.2) is 198 Å². The molecule has 0 bridgehead atoms. The third-order valence-corrected chi connectivity index (χ3v) is 8.14. The largest absolute Gasteiger partial charge is 0.456 e. The Morgan fingerprint density at radius 1 is 0.442 bits per heavy atom. The first-order chi connectivity index (χ1) is 40.2. The van der Waals surface area contributed by atoms with Gasteiger partial charge in [0.05, 0.1) is 43.9 Å². The Kier molecular flexibility index (Phi) is 2.58. The normalized spacial score (nSPS) is 22.6. The van der Waals surface area contributed by atoms with Crippen LogP contribution in [0.25, 0.3) is 55.3 Å². The van der Waals surface area contributed by atoms with Gasteiger partial charge in [0.1, 0.15) is 11.2 Å². The van der Waals surface area contributed by atoms with Crippen LogP contribution in [-0.4, -0.2) is 0 Å². The zero-order valence-electron chi connectivity index (χ0n) is 60.9. The van der Waals surface area contributed by atoms with Gasteiger partial charge >= 0.3 is 0 Å². The molecule has 0 amide bonds. The Morgan fingerprint density at radius 2 is 0.942 bits per heavy atom. The molecule has 1 aliphatic rings. The number of fused-ring (bicyclic) bond motifs is 6. The summed E-state index contributed by atoms with van der Waals surface area (Å²) >= 11 is 0. The molecule has 0 saturated heterocycles. The second-order valence-corrected chi connectivity index (χ2v) is 11.0. The van der Waals surface area contributed by atoms with Gasteiger partial charge in [-0.25, -0.2) is 0 Å². The third kappa shape index (κ3) is 4.80. The number of rotatable bonds is 6. The van der Waals surface area contributed by atoms with Crippen molar-refractivity contribution in [1.82, 2.24) is 0 Å². The van der Waals surface area contributed by atoms with E-state index in [1.165, 1.54) is 0 Å². The van der Waals surface area contributed by atoms with Crippen LogP contribution in [0.1, 0.15) is 71.5 Å². The molecular weight excluding hydrogens is 631 g/mol. The monoisotopic (exact) mass is 700 g/mol. The van der Waals surface area contributed by atoms with Crippen LogP contribution in [0.2, 0.25) is 0 Å². The van der Waals surface area contributed by atoms with Gasteiger partial charge in [0, 0.05) is 43.4 Å². The molecule has 1 aliphatic carbocycles.